The maximum absolute atomic E-state index is 12.8. The average Bonchev–Trinajstić information content (AvgIpc) is 2.97. The third-order valence-electron chi connectivity index (χ3n) is 4.37. The van der Waals surface area contributed by atoms with E-state index in [1.165, 1.54) is 11.3 Å². The van der Waals surface area contributed by atoms with E-state index in [-0.39, 0.29) is 30.0 Å². The van der Waals surface area contributed by atoms with E-state index in [1.54, 1.807) is 4.52 Å². The molecule has 0 saturated heterocycles. The second-order valence-electron chi connectivity index (χ2n) is 7.11. The molecule has 0 saturated carbocycles. The monoisotopic (exact) mass is 384 g/mol. The largest absolute Gasteiger partial charge is 0.338 e. The lowest BCUT2D eigenvalue weighted by atomic mass is 10.1. The van der Waals surface area contributed by atoms with Crippen molar-refractivity contribution in [3.05, 3.63) is 63.0 Å². The fourth-order valence-corrected chi connectivity index (χ4v) is 4.09. The Labute approximate surface area is 162 Å². The van der Waals surface area contributed by atoms with Gasteiger partial charge < -0.3 is 4.90 Å². The van der Waals surface area contributed by atoms with Gasteiger partial charge in [-0.1, -0.05) is 30.3 Å². The van der Waals surface area contributed by atoms with Crippen LogP contribution in [0.15, 0.2) is 40.5 Å². The molecule has 0 atom stereocenters. The van der Waals surface area contributed by atoms with Crippen molar-refractivity contribution in [2.75, 3.05) is 0 Å². The maximum atomic E-state index is 12.8. The molecule has 0 fully saturated rings. The van der Waals surface area contributed by atoms with Crippen molar-refractivity contribution in [2.45, 2.75) is 52.6 Å². The number of thiazole rings is 1. The van der Waals surface area contributed by atoms with Gasteiger partial charge in [-0.25, -0.2) is 4.52 Å². The fraction of sp³-hybridized carbons (Fsp3) is 0.400. The van der Waals surface area contributed by atoms with Crippen LogP contribution in [-0.2, 0) is 17.6 Å². The fourth-order valence-electron chi connectivity index (χ4n) is 3.27. The van der Waals surface area contributed by atoms with E-state index in [9.17, 15) is 9.59 Å². The highest BCUT2D eigenvalue weighted by molar-refractivity contribution is 7.15. The normalized spacial score (nSPS) is 11.5. The lowest BCUT2D eigenvalue weighted by molar-refractivity contribution is -0.134. The SMILES string of the molecule is CC(C)N(C(=O)Cc1csc2nc(=O)c(Cc3ccccc3)nn12)C(C)C. The molecule has 2 heterocycles. The minimum absolute atomic E-state index is 0.0461. The van der Waals surface area contributed by atoms with E-state index in [0.717, 1.165) is 11.3 Å². The van der Waals surface area contributed by atoms with E-state index in [1.807, 2.05) is 68.3 Å². The first-order valence-corrected chi connectivity index (χ1v) is 9.96. The number of benzene rings is 1. The number of carbonyl (C=O) groups excluding carboxylic acids is 1. The van der Waals surface area contributed by atoms with Crippen molar-refractivity contribution in [1.29, 1.82) is 0 Å². The quantitative estimate of drug-likeness (QED) is 0.655. The zero-order valence-electron chi connectivity index (χ0n) is 16.0. The van der Waals surface area contributed by atoms with Crippen molar-refractivity contribution in [3.8, 4) is 0 Å². The Kier molecular flexibility index (Phi) is 5.70. The minimum atomic E-state index is -0.315. The molecular formula is C20H24N4O2S. The zero-order chi connectivity index (χ0) is 19.6. The van der Waals surface area contributed by atoms with E-state index in [2.05, 4.69) is 10.1 Å². The Bertz CT molecular complexity index is 984. The summed E-state index contributed by atoms with van der Waals surface area (Å²) in [6.45, 7) is 8.05. The number of amides is 1. The Balaban J connectivity index is 1.92. The van der Waals surface area contributed by atoms with Gasteiger partial charge in [0.2, 0.25) is 10.9 Å². The van der Waals surface area contributed by atoms with Gasteiger partial charge in [0.05, 0.1) is 12.1 Å². The van der Waals surface area contributed by atoms with Crippen molar-refractivity contribution >= 4 is 22.2 Å². The van der Waals surface area contributed by atoms with Crippen LogP contribution in [0.5, 0.6) is 0 Å². The minimum Gasteiger partial charge on any atom is -0.338 e. The summed E-state index contributed by atoms with van der Waals surface area (Å²) in [6.07, 6.45) is 0.654. The molecule has 27 heavy (non-hydrogen) atoms. The van der Waals surface area contributed by atoms with Crippen LogP contribution in [0.25, 0.3) is 4.96 Å². The van der Waals surface area contributed by atoms with Gasteiger partial charge in [-0.3, -0.25) is 9.59 Å². The summed E-state index contributed by atoms with van der Waals surface area (Å²) in [6, 6.07) is 9.96. The van der Waals surface area contributed by atoms with Crippen molar-refractivity contribution in [3.63, 3.8) is 0 Å². The molecule has 142 valence electrons. The molecule has 0 N–H and O–H groups in total. The second kappa shape index (κ2) is 8.00. The van der Waals surface area contributed by atoms with Crippen LogP contribution >= 0.6 is 11.3 Å². The van der Waals surface area contributed by atoms with Crippen LogP contribution in [0.1, 0.15) is 44.6 Å². The summed E-state index contributed by atoms with van der Waals surface area (Å²) in [4.78, 5) is 31.6. The molecule has 0 bridgehead atoms. The number of hydrogen-bond acceptors (Lipinski definition) is 5. The highest BCUT2D eigenvalue weighted by Crippen LogP contribution is 2.16. The molecular weight excluding hydrogens is 360 g/mol. The average molecular weight is 385 g/mol. The molecule has 0 unspecified atom stereocenters. The molecule has 1 aromatic carbocycles. The third-order valence-corrected chi connectivity index (χ3v) is 5.23. The maximum Gasteiger partial charge on any atom is 0.296 e. The van der Waals surface area contributed by atoms with Crippen molar-refractivity contribution in [2.24, 2.45) is 0 Å². The Morgan fingerprint density at radius 1 is 1.15 bits per heavy atom. The third kappa shape index (κ3) is 4.24. The van der Waals surface area contributed by atoms with Crippen LogP contribution in [0.3, 0.4) is 0 Å². The molecule has 0 aliphatic heterocycles. The number of fused-ring (bicyclic) bond motifs is 1. The van der Waals surface area contributed by atoms with Gasteiger partial charge in [-0.2, -0.15) is 10.1 Å². The van der Waals surface area contributed by atoms with E-state index < -0.39 is 0 Å². The number of rotatable bonds is 6. The van der Waals surface area contributed by atoms with Crippen LogP contribution in [0.2, 0.25) is 0 Å². The van der Waals surface area contributed by atoms with Crippen LogP contribution in [-0.4, -0.2) is 37.5 Å². The van der Waals surface area contributed by atoms with Gasteiger partial charge in [0, 0.05) is 23.9 Å². The van der Waals surface area contributed by atoms with Gasteiger partial charge in [0.25, 0.3) is 5.56 Å². The molecule has 3 aromatic rings. The van der Waals surface area contributed by atoms with Gasteiger partial charge in [-0.15, -0.1) is 11.3 Å². The summed E-state index contributed by atoms with van der Waals surface area (Å²) in [5, 5.41) is 6.37. The lowest BCUT2D eigenvalue weighted by Gasteiger charge is -2.30. The summed E-state index contributed by atoms with van der Waals surface area (Å²) < 4.78 is 1.64. The molecule has 6 nitrogen and oxygen atoms in total. The molecule has 0 aliphatic rings. The Hall–Kier alpha value is -2.54. The molecule has 3 rings (SSSR count). The van der Waals surface area contributed by atoms with Gasteiger partial charge >= 0.3 is 0 Å². The molecule has 1 amide bonds. The van der Waals surface area contributed by atoms with E-state index >= 15 is 0 Å². The topological polar surface area (TPSA) is 67.6 Å². The number of carbonyl (C=O) groups is 1. The van der Waals surface area contributed by atoms with Crippen LogP contribution in [0.4, 0.5) is 0 Å². The van der Waals surface area contributed by atoms with Crippen LogP contribution < -0.4 is 5.56 Å². The first kappa shape index (κ1) is 19.2. The van der Waals surface area contributed by atoms with Crippen LogP contribution in [0, 0.1) is 0 Å². The highest BCUT2D eigenvalue weighted by atomic mass is 32.1. The Morgan fingerprint density at radius 3 is 2.44 bits per heavy atom. The molecule has 0 radical (unpaired) electrons. The summed E-state index contributed by atoms with van der Waals surface area (Å²) >= 11 is 1.33. The number of nitrogens with zero attached hydrogens (tertiary/aromatic N) is 4. The first-order valence-electron chi connectivity index (χ1n) is 9.08. The number of aromatic nitrogens is 3. The zero-order valence-corrected chi connectivity index (χ0v) is 16.9. The summed E-state index contributed by atoms with van der Waals surface area (Å²) in [7, 11) is 0. The van der Waals surface area contributed by atoms with Gasteiger partial charge in [0.15, 0.2) is 0 Å². The molecule has 0 spiro atoms. The first-order chi connectivity index (χ1) is 12.9. The standard InChI is InChI=1S/C20H24N4O2S/c1-13(2)23(14(3)4)18(25)11-16-12-27-20-21-19(26)17(22-24(16)20)10-15-8-6-5-7-9-15/h5-9,12-14H,10-11H2,1-4H3. The highest BCUT2D eigenvalue weighted by Gasteiger charge is 2.22. The molecule has 7 heteroatoms. The predicted molar refractivity (Wildman–Crippen MR) is 107 cm³/mol. The summed E-state index contributed by atoms with van der Waals surface area (Å²) in [5.41, 5.74) is 1.83. The van der Waals surface area contributed by atoms with Crippen molar-refractivity contribution in [1.82, 2.24) is 19.5 Å². The van der Waals surface area contributed by atoms with E-state index in [4.69, 9.17) is 0 Å². The number of hydrogen-bond donors (Lipinski definition) is 0. The predicted octanol–water partition coefficient (Wildman–Crippen LogP) is 2.93. The van der Waals surface area contributed by atoms with E-state index in [0.29, 0.717) is 17.1 Å². The summed E-state index contributed by atoms with van der Waals surface area (Å²) in [5.74, 6) is 0.0461. The lowest BCUT2D eigenvalue weighted by Crippen LogP contribution is -2.43. The van der Waals surface area contributed by atoms with Gasteiger partial charge in [-0.05, 0) is 33.3 Å². The molecule has 0 aliphatic carbocycles. The van der Waals surface area contributed by atoms with Crippen molar-refractivity contribution < 1.29 is 4.79 Å². The second-order valence-corrected chi connectivity index (χ2v) is 7.95. The smallest absolute Gasteiger partial charge is 0.296 e. The molecule has 2 aromatic heterocycles. The Morgan fingerprint density at radius 2 is 1.81 bits per heavy atom. The van der Waals surface area contributed by atoms with Gasteiger partial charge in [0.1, 0.15) is 5.69 Å².